The summed E-state index contributed by atoms with van der Waals surface area (Å²) >= 11 is 7.56. The second-order valence-electron chi connectivity index (χ2n) is 7.97. The average Bonchev–Trinajstić information content (AvgIpc) is 3.25. The van der Waals surface area contributed by atoms with E-state index in [0.717, 1.165) is 16.5 Å². The molecule has 2 N–H and O–H groups in total. The standard InChI is InChI=1S/C24H21ClN6O3S/c1-31-10-7-15-18-20(27-12-13-3-4-17(34-2)16(25)11-13)29-21(30-23(18)35-19(15)24(31)33)22(32)28-14-5-8-26-9-6-14/h3-6,8-9,11H,7,10,12H2,1-2H3,(H,26,28,32)(H,27,29,30). The second kappa shape index (κ2) is 9.47. The third-order valence-corrected chi connectivity index (χ3v) is 7.12. The van der Waals surface area contributed by atoms with Crippen molar-refractivity contribution in [3.8, 4) is 5.75 Å². The first kappa shape index (κ1) is 23.0. The summed E-state index contributed by atoms with van der Waals surface area (Å²) in [5, 5.41) is 7.39. The average molecular weight is 509 g/mol. The number of rotatable bonds is 6. The van der Waals surface area contributed by atoms with E-state index in [9.17, 15) is 9.59 Å². The van der Waals surface area contributed by atoms with Crippen LogP contribution in [0.5, 0.6) is 5.75 Å². The van der Waals surface area contributed by atoms with E-state index >= 15 is 0 Å². The van der Waals surface area contributed by atoms with Crippen LogP contribution < -0.4 is 15.4 Å². The predicted octanol–water partition coefficient (Wildman–Crippen LogP) is 4.24. The first-order valence-electron chi connectivity index (χ1n) is 10.8. The van der Waals surface area contributed by atoms with Crippen molar-refractivity contribution in [1.29, 1.82) is 0 Å². The Kier molecular flexibility index (Phi) is 6.23. The largest absolute Gasteiger partial charge is 0.495 e. The van der Waals surface area contributed by atoms with Gasteiger partial charge in [0.1, 0.15) is 16.4 Å². The van der Waals surface area contributed by atoms with Crippen molar-refractivity contribution in [2.45, 2.75) is 13.0 Å². The molecule has 3 aromatic heterocycles. The third kappa shape index (κ3) is 4.50. The summed E-state index contributed by atoms with van der Waals surface area (Å²) in [7, 11) is 3.34. The fourth-order valence-corrected chi connectivity index (χ4v) is 5.38. The number of benzene rings is 1. The van der Waals surface area contributed by atoms with Crippen molar-refractivity contribution in [2.75, 3.05) is 31.3 Å². The molecule has 1 aromatic carbocycles. The van der Waals surface area contributed by atoms with Gasteiger partial charge in [-0.1, -0.05) is 17.7 Å². The molecule has 0 unspecified atom stereocenters. The Balaban J connectivity index is 1.54. The van der Waals surface area contributed by atoms with Crippen molar-refractivity contribution in [2.24, 2.45) is 0 Å². The van der Waals surface area contributed by atoms with E-state index in [-0.39, 0.29) is 11.7 Å². The topological polar surface area (TPSA) is 109 Å². The van der Waals surface area contributed by atoms with Crippen LogP contribution in [-0.2, 0) is 13.0 Å². The predicted molar refractivity (Wildman–Crippen MR) is 136 cm³/mol. The van der Waals surface area contributed by atoms with Crippen LogP contribution in [-0.4, -0.2) is 52.4 Å². The molecule has 0 fully saturated rings. The van der Waals surface area contributed by atoms with Gasteiger partial charge in [-0.25, -0.2) is 9.97 Å². The lowest BCUT2D eigenvalue weighted by atomic mass is 10.0. The lowest BCUT2D eigenvalue weighted by Gasteiger charge is -2.22. The number of ether oxygens (including phenoxy) is 1. The van der Waals surface area contributed by atoms with E-state index in [1.54, 1.807) is 49.7 Å². The number of likely N-dealkylation sites (N-methyl/N-ethyl adjacent to an activating group) is 1. The van der Waals surface area contributed by atoms with E-state index < -0.39 is 5.91 Å². The number of halogens is 1. The maximum Gasteiger partial charge on any atom is 0.293 e. The van der Waals surface area contributed by atoms with Gasteiger partial charge in [0.2, 0.25) is 5.82 Å². The number of pyridine rings is 1. The number of nitrogens with one attached hydrogen (secondary N) is 2. The molecule has 35 heavy (non-hydrogen) atoms. The maximum absolute atomic E-state index is 13.0. The summed E-state index contributed by atoms with van der Waals surface area (Å²) in [4.78, 5) is 41.7. The Morgan fingerprint density at radius 2 is 2.03 bits per heavy atom. The molecule has 1 aliphatic heterocycles. The molecule has 0 radical (unpaired) electrons. The molecule has 0 aliphatic carbocycles. The Morgan fingerprint density at radius 1 is 1.23 bits per heavy atom. The normalized spacial score (nSPS) is 13.0. The highest BCUT2D eigenvalue weighted by Crippen LogP contribution is 2.38. The zero-order valence-corrected chi connectivity index (χ0v) is 20.5. The molecular weight excluding hydrogens is 488 g/mol. The van der Waals surface area contributed by atoms with Crippen LogP contribution in [0.1, 0.15) is 31.4 Å². The highest BCUT2D eigenvalue weighted by Gasteiger charge is 2.29. The number of nitrogens with zero attached hydrogens (tertiary/aromatic N) is 4. The molecule has 5 rings (SSSR count). The lowest BCUT2D eigenvalue weighted by molar-refractivity contribution is 0.0786. The highest BCUT2D eigenvalue weighted by molar-refractivity contribution is 7.20. The van der Waals surface area contributed by atoms with Crippen molar-refractivity contribution in [3.63, 3.8) is 0 Å². The molecular formula is C24H21ClN6O3S. The molecule has 0 atom stereocenters. The van der Waals surface area contributed by atoms with Crippen molar-refractivity contribution >= 4 is 56.5 Å². The van der Waals surface area contributed by atoms with Gasteiger partial charge in [0.25, 0.3) is 11.8 Å². The van der Waals surface area contributed by atoms with Gasteiger partial charge in [0.05, 0.1) is 22.4 Å². The van der Waals surface area contributed by atoms with Gasteiger partial charge in [-0.05, 0) is 41.8 Å². The van der Waals surface area contributed by atoms with Crippen LogP contribution >= 0.6 is 22.9 Å². The van der Waals surface area contributed by atoms with Crippen LogP contribution in [0, 0.1) is 0 Å². The lowest BCUT2D eigenvalue weighted by Crippen LogP contribution is -2.33. The van der Waals surface area contributed by atoms with Crippen LogP contribution in [0.25, 0.3) is 10.2 Å². The molecule has 4 aromatic rings. The van der Waals surface area contributed by atoms with E-state index in [1.807, 2.05) is 12.1 Å². The minimum Gasteiger partial charge on any atom is -0.495 e. The number of fused-ring (bicyclic) bond motifs is 3. The second-order valence-corrected chi connectivity index (χ2v) is 9.38. The molecule has 0 saturated carbocycles. The number of hydrogen-bond donors (Lipinski definition) is 2. The van der Waals surface area contributed by atoms with Gasteiger partial charge in [-0.2, -0.15) is 0 Å². The number of methoxy groups -OCH3 is 1. The summed E-state index contributed by atoms with van der Waals surface area (Å²) in [6.45, 7) is 1.01. The Morgan fingerprint density at radius 3 is 2.77 bits per heavy atom. The molecule has 178 valence electrons. The molecule has 0 spiro atoms. The van der Waals surface area contributed by atoms with Gasteiger partial charge in [0.15, 0.2) is 0 Å². The van der Waals surface area contributed by atoms with Crippen LogP contribution in [0.2, 0.25) is 5.02 Å². The molecule has 11 heteroatoms. The maximum atomic E-state index is 13.0. The van der Waals surface area contributed by atoms with Gasteiger partial charge in [-0.15, -0.1) is 11.3 Å². The summed E-state index contributed by atoms with van der Waals surface area (Å²) in [6.07, 6.45) is 3.86. The Bertz CT molecular complexity index is 1440. The highest BCUT2D eigenvalue weighted by atomic mass is 35.5. The third-order valence-electron chi connectivity index (χ3n) is 5.71. The van der Waals surface area contributed by atoms with Crippen molar-refractivity contribution < 1.29 is 14.3 Å². The van der Waals surface area contributed by atoms with Crippen LogP contribution in [0.15, 0.2) is 42.7 Å². The van der Waals surface area contributed by atoms with Crippen LogP contribution in [0.4, 0.5) is 11.5 Å². The number of anilines is 2. The van der Waals surface area contributed by atoms with E-state index in [1.165, 1.54) is 11.3 Å². The Hall–Kier alpha value is -3.76. The van der Waals surface area contributed by atoms with Gasteiger partial charge >= 0.3 is 0 Å². The fourth-order valence-electron chi connectivity index (χ4n) is 3.88. The van der Waals surface area contributed by atoms with Gasteiger partial charge < -0.3 is 20.3 Å². The van der Waals surface area contributed by atoms with Gasteiger partial charge in [-0.3, -0.25) is 14.6 Å². The van der Waals surface area contributed by atoms with E-state index in [4.69, 9.17) is 16.3 Å². The molecule has 0 bridgehead atoms. The first-order chi connectivity index (χ1) is 16.9. The zero-order chi connectivity index (χ0) is 24.5. The summed E-state index contributed by atoms with van der Waals surface area (Å²) in [6, 6.07) is 8.87. The number of amides is 2. The number of aromatic nitrogens is 3. The van der Waals surface area contributed by atoms with Crippen molar-refractivity contribution in [3.05, 3.63) is 69.6 Å². The molecule has 4 heterocycles. The number of carbonyl (C=O) groups is 2. The Labute approximate surface area is 210 Å². The quantitative estimate of drug-likeness (QED) is 0.401. The number of carbonyl (C=O) groups excluding carboxylic acids is 2. The van der Waals surface area contributed by atoms with Crippen LogP contribution in [0.3, 0.4) is 0 Å². The van der Waals surface area contributed by atoms with E-state index in [0.29, 0.717) is 51.5 Å². The minimum atomic E-state index is -0.455. The minimum absolute atomic E-state index is 0.00368. The monoisotopic (exact) mass is 508 g/mol. The zero-order valence-electron chi connectivity index (χ0n) is 19.0. The van der Waals surface area contributed by atoms with Gasteiger partial charge in [0, 0.05) is 38.2 Å². The number of thiophene rings is 1. The molecule has 2 amide bonds. The molecule has 1 aliphatic rings. The first-order valence-corrected chi connectivity index (χ1v) is 12.0. The number of hydrogen-bond acceptors (Lipinski definition) is 8. The summed E-state index contributed by atoms with van der Waals surface area (Å²) in [5.41, 5.74) is 2.40. The molecule has 0 saturated heterocycles. The molecule has 9 nitrogen and oxygen atoms in total. The van der Waals surface area contributed by atoms with E-state index in [2.05, 4.69) is 25.6 Å². The SMILES string of the molecule is COc1ccc(CNc2nc(C(=O)Nc3ccncc3)nc3sc4c(c23)CCN(C)C4=O)cc1Cl. The smallest absolute Gasteiger partial charge is 0.293 e. The summed E-state index contributed by atoms with van der Waals surface area (Å²) in [5.74, 6) is 0.582. The summed E-state index contributed by atoms with van der Waals surface area (Å²) < 4.78 is 5.23. The van der Waals surface area contributed by atoms with Crippen molar-refractivity contribution in [1.82, 2.24) is 19.9 Å². The fraction of sp³-hybridized carbons (Fsp3) is 0.208.